The molecule has 0 fully saturated rings. The third kappa shape index (κ3) is 6.02. The first-order valence-corrected chi connectivity index (χ1v) is 11.7. The van der Waals surface area contributed by atoms with Crippen molar-refractivity contribution in [1.82, 2.24) is 14.9 Å². The van der Waals surface area contributed by atoms with E-state index in [2.05, 4.69) is 10.3 Å². The highest BCUT2D eigenvalue weighted by atomic mass is 16.4. The van der Waals surface area contributed by atoms with Crippen LogP contribution in [0.15, 0.2) is 54.9 Å². The van der Waals surface area contributed by atoms with Crippen LogP contribution >= 0.6 is 0 Å². The molecule has 0 spiro atoms. The number of nitrogens with zero attached hydrogens (tertiary/aromatic N) is 2. The van der Waals surface area contributed by atoms with E-state index in [-0.39, 0.29) is 17.4 Å². The summed E-state index contributed by atoms with van der Waals surface area (Å²) in [5, 5.41) is 22.7. The largest absolute Gasteiger partial charge is 0.475 e. The highest BCUT2D eigenvalue weighted by Gasteiger charge is 2.26. The molecular formula is C27H31N3O5. The molecule has 3 N–H and O–H groups in total. The van der Waals surface area contributed by atoms with E-state index in [0.29, 0.717) is 35.6 Å². The first-order chi connectivity index (χ1) is 16.7. The maximum Gasteiger partial charge on any atom is 0.377 e. The van der Waals surface area contributed by atoms with Crippen molar-refractivity contribution in [2.24, 2.45) is 5.92 Å². The molecule has 0 aliphatic heterocycles. The van der Waals surface area contributed by atoms with Gasteiger partial charge in [0.1, 0.15) is 17.5 Å². The van der Waals surface area contributed by atoms with E-state index in [1.165, 1.54) is 6.07 Å². The number of nitrogens with one attached hydrogen (secondary N) is 1. The number of aliphatic hydroxyl groups is 1. The first kappa shape index (κ1) is 25.8. The minimum atomic E-state index is -1.50. The van der Waals surface area contributed by atoms with E-state index in [0.717, 1.165) is 18.4 Å². The summed E-state index contributed by atoms with van der Waals surface area (Å²) in [7, 11) is 0. The Morgan fingerprint density at radius 2 is 1.74 bits per heavy atom. The van der Waals surface area contributed by atoms with Crippen LogP contribution in [0.1, 0.15) is 71.8 Å². The molecule has 0 saturated heterocycles. The van der Waals surface area contributed by atoms with Crippen molar-refractivity contribution >= 4 is 17.7 Å². The van der Waals surface area contributed by atoms with Crippen LogP contribution < -0.4 is 5.32 Å². The van der Waals surface area contributed by atoms with E-state index in [1.54, 1.807) is 29.1 Å². The van der Waals surface area contributed by atoms with Gasteiger partial charge in [-0.3, -0.25) is 9.59 Å². The number of carboxylic acids is 1. The number of imidazole rings is 1. The second kappa shape index (κ2) is 11.6. The lowest BCUT2D eigenvalue weighted by Gasteiger charge is -2.16. The Labute approximate surface area is 204 Å². The molecule has 1 atom stereocenters. The molecule has 1 unspecified atom stereocenters. The normalized spacial score (nSPS) is 11.9. The summed E-state index contributed by atoms with van der Waals surface area (Å²) < 4.78 is 1.72. The molecule has 0 radical (unpaired) electrons. The molecular weight excluding hydrogens is 446 g/mol. The van der Waals surface area contributed by atoms with Gasteiger partial charge in [-0.15, -0.1) is 0 Å². The zero-order chi connectivity index (χ0) is 25.5. The zero-order valence-corrected chi connectivity index (χ0v) is 20.2. The van der Waals surface area contributed by atoms with Crippen molar-refractivity contribution in [2.75, 3.05) is 6.54 Å². The van der Waals surface area contributed by atoms with Crippen LogP contribution in [0.4, 0.5) is 0 Å². The highest BCUT2D eigenvalue weighted by molar-refractivity contribution is 6.41. The Kier molecular flexibility index (Phi) is 8.54. The van der Waals surface area contributed by atoms with Crippen molar-refractivity contribution < 1.29 is 24.6 Å². The van der Waals surface area contributed by atoms with E-state index >= 15 is 0 Å². The van der Waals surface area contributed by atoms with Crippen LogP contribution in [0, 0.1) is 5.92 Å². The topological polar surface area (TPSA) is 122 Å². The monoisotopic (exact) mass is 477 g/mol. The second-order valence-corrected chi connectivity index (χ2v) is 8.78. The summed E-state index contributed by atoms with van der Waals surface area (Å²) in [5.74, 6) is -2.84. The van der Waals surface area contributed by atoms with Crippen molar-refractivity contribution in [3.63, 3.8) is 0 Å². The van der Waals surface area contributed by atoms with Gasteiger partial charge in [0.2, 0.25) is 0 Å². The molecule has 8 heteroatoms. The fourth-order valence-corrected chi connectivity index (χ4v) is 3.79. The minimum Gasteiger partial charge on any atom is -0.475 e. The summed E-state index contributed by atoms with van der Waals surface area (Å²) in [6.45, 7) is 6.68. The lowest BCUT2D eigenvalue weighted by atomic mass is 9.96. The average Bonchev–Trinajstić information content (AvgIpc) is 3.27. The molecule has 8 nitrogen and oxygen atoms in total. The van der Waals surface area contributed by atoms with Gasteiger partial charge in [0.05, 0.1) is 6.33 Å². The number of carboxylic acid groups (broad SMARTS) is 1. The number of carbonyl (C=O) groups excluding carboxylic acids is 2. The number of hydrogen-bond donors (Lipinski definition) is 3. The molecule has 184 valence electrons. The number of aliphatic carboxylic acids is 1. The number of hydrogen-bond acceptors (Lipinski definition) is 5. The van der Waals surface area contributed by atoms with Gasteiger partial charge < -0.3 is 20.1 Å². The number of Topliss-reactive ketones (excluding diaryl/α,β-unsaturated/α-hetero) is 1. The molecule has 35 heavy (non-hydrogen) atoms. The Balaban J connectivity index is 1.90. The van der Waals surface area contributed by atoms with Crippen molar-refractivity contribution in [3.8, 4) is 11.1 Å². The van der Waals surface area contributed by atoms with Gasteiger partial charge in [0.25, 0.3) is 11.7 Å². The van der Waals surface area contributed by atoms with Crippen LogP contribution in [0.3, 0.4) is 0 Å². The molecule has 1 aromatic heterocycles. The summed E-state index contributed by atoms with van der Waals surface area (Å²) in [6, 6.07) is 13.9. The maximum absolute atomic E-state index is 13.0. The number of benzene rings is 2. The third-order valence-electron chi connectivity index (χ3n) is 5.79. The van der Waals surface area contributed by atoms with Gasteiger partial charge in [-0.05, 0) is 29.0 Å². The Morgan fingerprint density at radius 3 is 2.37 bits per heavy atom. The fraction of sp³-hybridized carbons (Fsp3) is 0.333. The molecule has 1 amide bonds. The van der Waals surface area contributed by atoms with Crippen molar-refractivity contribution in [2.45, 2.75) is 46.3 Å². The van der Waals surface area contributed by atoms with E-state index in [1.807, 2.05) is 45.0 Å². The molecule has 3 aromatic rings. The van der Waals surface area contributed by atoms with Crippen LogP contribution in [0.5, 0.6) is 0 Å². The quantitative estimate of drug-likeness (QED) is 0.217. The van der Waals surface area contributed by atoms with Gasteiger partial charge >= 0.3 is 5.97 Å². The number of carbonyl (C=O) groups is 3. The minimum absolute atomic E-state index is 0.103. The summed E-state index contributed by atoms with van der Waals surface area (Å²) in [5.41, 5.74) is 2.93. The fourth-order valence-electron chi connectivity index (χ4n) is 3.79. The molecule has 0 saturated carbocycles. The van der Waals surface area contributed by atoms with Crippen LogP contribution in [0.2, 0.25) is 0 Å². The van der Waals surface area contributed by atoms with Gasteiger partial charge in [-0.25, -0.2) is 9.78 Å². The number of unbranched alkanes of at least 4 members (excludes halogenated alkanes) is 1. The molecule has 3 rings (SSSR count). The Hall–Kier alpha value is -3.78. The molecule has 1 heterocycles. The number of aromatic nitrogens is 2. The van der Waals surface area contributed by atoms with Gasteiger partial charge in [0.15, 0.2) is 0 Å². The lowest BCUT2D eigenvalue weighted by molar-refractivity contribution is -0.131. The van der Waals surface area contributed by atoms with E-state index in [9.17, 15) is 19.5 Å². The maximum atomic E-state index is 13.0. The lowest BCUT2D eigenvalue weighted by Crippen LogP contribution is -2.29. The number of ketones is 1. The summed E-state index contributed by atoms with van der Waals surface area (Å²) >= 11 is 0. The third-order valence-corrected chi connectivity index (χ3v) is 5.79. The van der Waals surface area contributed by atoms with Crippen LogP contribution in [-0.4, -0.2) is 44.0 Å². The highest BCUT2D eigenvalue weighted by Crippen LogP contribution is 2.27. The standard InChI is InChI=1S/C27H31N3O5/c1-4-5-14-28-26(33)23-22(24(31)17(2)3)29-16-30(23)15-18-10-12-19(13-11-18)20-8-6-7-9-21(20)25(32)27(34)35/h6-13,16-17,24,31H,4-5,14-15H2,1-3H3,(H,28,33)(H,34,35). The molecule has 2 aromatic carbocycles. The van der Waals surface area contributed by atoms with E-state index < -0.39 is 17.9 Å². The Bertz CT molecular complexity index is 1200. The predicted molar refractivity (Wildman–Crippen MR) is 132 cm³/mol. The SMILES string of the molecule is CCCCNC(=O)c1c(C(O)C(C)C)ncn1Cc1ccc(-c2ccccc2C(=O)C(=O)O)cc1. The smallest absolute Gasteiger partial charge is 0.377 e. The predicted octanol–water partition coefficient (Wildman–Crippen LogP) is 4.09. The van der Waals surface area contributed by atoms with Gasteiger partial charge in [-0.2, -0.15) is 0 Å². The van der Waals surface area contributed by atoms with Gasteiger partial charge in [-0.1, -0.05) is 75.7 Å². The van der Waals surface area contributed by atoms with E-state index in [4.69, 9.17) is 5.11 Å². The molecule has 0 bridgehead atoms. The number of amides is 1. The van der Waals surface area contributed by atoms with Crippen molar-refractivity contribution in [3.05, 3.63) is 77.4 Å². The summed E-state index contributed by atoms with van der Waals surface area (Å²) in [6.07, 6.45) is 2.50. The summed E-state index contributed by atoms with van der Waals surface area (Å²) in [4.78, 5) is 40.6. The van der Waals surface area contributed by atoms with Crippen molar-refractivity contribution in [1.29, 1.82) is 0 Å². The van der Waals surface area contributed by atoms with Crippen LogP contribution in [0.25, 0.3) is 11.1 Å². The molecule has 0 aliphatic carbocycles. The first-order valence-electron chi connectivity index (χ1n) is 11.7. The zero-order valence-electron chi connectivity index (χ0n) is 20.2. The number of rotatable bonds is 11. The second-order valence-electron chi connectivity index (χ2n) is 8.78. The van der Waals surface area contributed by atoms with Crippen LogP contribution in [-0.2, 0) is 11.3 Å². The average molecular weight is 478 g/mol. The molecule has 0 aliphatic rings. The Morgan fingerprint density at radius 1 is 1.06 bits per heavy atom. The number of aliphatic hydroxyl groups excluding tert-OH is 1. The van der Waals surface area contributed by atoms with Gasteiger partial charge in [0, 0.05) is 18.7 Å².